The van der Waals surface area contributed by atoms with Gasteiger partial charge in [0.2, 0.25) is 5.91 Å². The Morgan fingerprint density at radius 3 is 2.73 bits per heavy atom. The van der Waals surface area contributed by atoms with Crippen molar-refractivity contribution in [2.75, 3.05) is 0 Å². The second kappa shape index (κ2) is 6.52. The summed E-state index contributed by atoms with van der Waals surface area (Å²) in [5.74, 6) is -3.77. The first kappa shape index (κ1) is 16.7. The maximum absolute atomic E-state index is 13.8. The van der Waals surface area contributed by atoms with Crippen molar-refractivity contribution in [1.29, 1.82) is 0 Å². The predicted molar refractivity (Wildman–Crippen MR) is 92.1 cm³/mol. The lowest BCUT2D eigenvalue weighted by molar-refractivity contribution is -0.121. The van der Waals surface area contributed by atoms with E-state index in [2.05, 4.69) is 10.3 Å². The van der Waals surface area contributed by atoms with Gasteiger partial charge in [0, 0.05) is 28.2 Å². The van der Waals surface area contributed by atoms with Gasteiger partial charge in [0.1, 0.15) is 5.82 Å². The molecule has 0 aliphatic heterocycles. The van der Waals surface area contributed by atoms with Crippen LogP contribution in [0.15, 0.2) is 36.4 Å². The van der Waals surface area contributed by atoms with Crippen LogP contribution in [0.3, 0.4) is 0 Å². The molecule has 0 saturated carbocycles. The summed E-state index contributed by atoms with van der Waals surface area (Å²) in [7, 11) is 0. The minimum Gasteiger partial charge on any atom is -0.356 e. The third kappa shape index (κ3) is 2.96. The number of para-hydroxylation sites is 1. The molecule has 2 N–H and O–H groups in total. The highest BCUT2D eigenvalue weighted by Gasteiger charge is 2.25. The van der Waals surface area contributed by atoms with Crippen LogP contribution in [-0.4, -0.2) is 10.9 Å². The van der Waals surface area contributed by atoms with E-state index in [9.17, 15) is 18.0 Å². The molecule has 1 amide bonds. The number of amides is 1. The molecule has 1 unspecified atom stereocenters. The van der Waals surface area contributed by atoms with Crippen molar-refractivity contribution in [3.63, 3.8) is 0 Å². The number of carbonyl (C=O) groups excluding carboxylic acids is 1. The number of hydrogen-bond donors (Lipinski definition) is 2. The van der Waals surface area contributed by atoms with E-state index in [4.69, 9.17) is 0 Å². The summed E-state index contributed by atoms with van der Waals surface area (Å²) in [6.07, 6.45) is 2.30. The van der Waals surface area contributed by atoms with Crippen molar-refractivity contribution in [1.82, 2.24) is 10.3 Å². The number of benzene rings is 2. The van der Waals surface area contributed by atoms with E-state index in [0.29, 0.717) is 6.07 Å². The molecule has 0 saturated heterocycles. The number of nitrogens with one attached hydrogen (secondary N) is 2. The molecule has 1 aliphatic rings. The van der Waals surface area contributed by atoms with Crippen LogP contribution >= 0.6 is 0 Å². The molecule has 0 fully saturated rings. The molecule has 0 radical (unpaired) electrons. The van der Waals surface area contributed by atoms with Crippen molar-refractivity contribution < 1.29 is 18.0 Å². The fourth-order valence-corrected chi connectivity index (χ4v) is 3.68. The summed E-state index contributed by atoms with van der Waals surface area (Å²) in [4.78, 5) is 15.7. The molecule has 4 rings (SSSR count). The monoisotopic (exact) mass is 358 g/mol. The molecular weight excluding hydrogens is 341 g/mol. The van der Waals surface area contributed by atoms with Gasteiger partial charge in [0.15, 0.2) is 11.6 Å². The van der Waals surface area contributed by atoms with E-state index < -0.39 is 23.4 Å². The molecule has 1 heterocycles. The zero-order valence-corrected chi connectivity index (χ0v) is 13.9. The van der Waals surface area contributed by atoms with Crippen molar-refractivity contribution in [3.8, 4) is 0 Å². The first-order chi connectivity index (χ1) is 12.5. The zero-order chi connectivity index (χ0) is 18.3. The van der Waals surface area contributed by atoms with Crippen molar-refractivity contribution in [2.24, 2.45) is 0 Å². The molecule has 134 valence electrons. The molecular formula is C20H17F3N2O. The van der Waals surface area contributed by atoms with Crippen molar-refractivity contribution >= 4 is 16.8 Å². The van der Waals surface area contributed by atoms with Crippen LogP contribution in [-0.2, 0) is 17.6 Å². The van der Waals surface area contributed by atoms with Gasteiger partial charge < -0.3 is 10.3 Å². The summed E-state index contributed by atoms with van der Waals surface area (Å²) in [5, 5.41) is 4.04. The summed E-state index contributed by atoms with van der Waals surface area (Å²) < 4.78 is 40.1. The number of fused-ring (bicyclic) bond motifs is 3. The SMILES string of the molecule is O=C(Cc1cc(F)c(F)cc1F)NC1CCCc2c1[nH]c1ccccc21. The molecule has 3 aromatic rings. The molecule has 26 heavy (non-hydrogen) atoms. The van der Waals surface area contributed by atoms with Gasteiger partial charge >= 0.3 is 0 Å². The number of rotatable bonds is 3. The Hall–Kier alpha value is -2.76. The Balaban J connectivity index is 1.55. The minimum absolute atomic E-state index is 0.158. The summed E-state index contributed by atoms with van der Waals surface area (Å²) in [5.41, 5.74) is 3.02. The predicted octanol–water partition coefficient (Wildman–Crippen LogP) is 4.32. The Bertz CT molecular complexity index is 996. The molecule has 0 bridgehead atoms. The van der Waals surface area contributed by atoms with Gasteiger partial charge in [-0.1, -0.05) is 18.2 Å². The van der Waals surface area contributed by atoms with Crippen LogP contribution in [0.25, 0.3) is 10.9 Å². The van der Waals surface area contributed by atoms with Gasteiger partial charge in [-0.05, 0) is 37.0 Å². The van der Waals surface area contributed by atoms with Crippen LogP contribution in [0.1, 0.15) is 35.7 Å². The highest BCUT2D eigenvalue weighted by molar-refractivity contribution is 5.86. The lowest BCUT2D eigenvalue weighted by atomic mass is 9.91. The number of aromatic nitrogens is 1. The first-order valence-electron chi connectivity index (χ1n) is 8.55. The van der Waals surface area contributed by atoms with Gasteiger partial charge in [-0.3, -0.25) is 4.79 Å². The second-order valence-electron chi connectivity index (χ2n) is 6.61. The highest BCUT2D eigenvalue weighted by Crippen LogP contribution is 2.34. The second-order valence-corrected chi connectivity index (χ2v) is 6.61. The standard InChI is InChI=1S/C20H17F3N2O/c21-14-10-16(23)15(22)8-11(14)9-19(26)24-18-7-3-5-13-12-4-1-2-6-17(12)25-20(13)18/h1-2,4,6,8,10,18,25H,3,5,7,9H2,(H,24,26). The minimum atomic E-state index is -1.26. The molecule has 0 spiro atoms. The maximum atomic E-state index is 13.8. The number of aromatic amines is 1. The highest BCUT2D eigenvalue weighted by atomic mass is 19.2. The maximum Gasteiger partial charge on any atom is 0.225 e. The Labute approximate surface area is 148 Å². The molecule has 1 aliphatic carbocycles. The normalized spacial score (nSPS) is 16.5. The van der Waals surface area contributed by atoms with Gasteiger partial charge in [-0.2, -0.15) is 0 Å². The van der Waals surface area contributed by atoms with Crippen LogP contribution in [0.2, 0.25) is 0 Å². The average Bonchev–Trinajstić information content (AvgIpc) is 2.99. The Morgan fingerprint density at radius 1 is 1.12 bits per heavy atom. The van der Waals surface area contributed by atoms with Crippen LogP contribution in [0.4, 0.5) is 13.2 Å². The van der Waals surface area contributed by atoms with Crippen LogP contribution in [0, 0.1) is 17.5 Å². The van der Waals surface area contributed by atoms with E-state index in [-0.39, 0.29) is 18.0 Å². The lowest BCUT2D eigenvalue weighted by Gasteiger charge is -2.24. The first-order valence-corrected chi connectivity index (χ1v) is 8.55. The van der Waals surface area contributed by atoms with E-state index >= 15 is 0 Å². The van der Waals surface area contributed by atoms with Gasteiger partial charge in [0.25, 0.3) is 0 Å². The average molecular weight is 358 g/mol. The summed E-state index contributed by atoms with van der Waals surface area (Å²) in [6, 6.07) is 8.96. The Morgan fingerprint density at radius 2 is 1.88 bits per heavy atom. The quantitative estimate of drug-likeness (QED) is 0.673. The van der Waals surface area contributed by atoms with E-state index in [1.165, 1.54) is 5.56 Å². The van der Waals surface area contributed by atoms with Gasteiger partial charge in [0.05, 0.1) is 12.5 Å². The Kier molecular flexibility index (Phi) is 4.18. The largest absolute Gasteiger partial charge is 0.356 e. The summed E-state index contributed by atoms with van der Waals surface area (Å²) >= 11 is 0. The molecule has 6 heteroatoms. The van der Waals surface area contributed by atoms with E-state index in [1.807, 2.05) is 24.3 Å². The topological polar surface area (TPSA) is 44.9 Å². The number of H-pyrrole nitrogens is 1. The number of aryl methyl sites for hydroxylation is 1. The van der Waals surface area contributed by atoms with Crippen LogP contribution in [0.5, 0.6) is 0 Å². The number of carbonyl (C=O) groups is 1. The molecule has 1 atom stereocenters. The summed E-state index contributed by atoms with van der Waals surface area (Å²) in [6.45, 7) is 0. The van der Waals surface area contributed by atoms with E-state index in [0.717, 1.165) is 41.9 Å². The fourth-order valence-electron chi connectivity index (χ4n) is 3.68. The molecule has 3 nitrogen and oxygen atoms in total. The molecule has 1 aromatic heterocycles. The van der Waals surface area contributed by atoms with Gasteiger partial charge in [-0.15, -0.1) is 0 Å². The van der Waals surface area contributed by atoms with E-state index in [1.54, 1.807) is 0 Å². The zero-order valence-electron chi connectivity index (χ0n) is 13.9. The number of hydrogen-bond acceptors (Lipinski definition) is 1. The van der Waals surface area contributed by atoms with Crippen molar-refractivity contribution in [2.45, 2.75) is 31.7 Å². The third-order valence-corrected chi connectivity index (χ3v) is 4.89. The smallest absolute Gasteiger partial charge is 0.225 e. The third-order valence-electron chi connectivity index (χ3n) is 4.89. The lowest BCUT2D eigenvalue weighted by Crippen LogP contribution is -2.32. The van der Waals surface area contributed by atoms with Crippen molar-refractivity contribution in [3.05, 3.63) is 70.7 Å². The number of halogens is 3. The van der Waals surface area contributed by atoms with Gasteiger partial charge in [-0.25, -0.2) is 13.2 Å². The molecule has 2 aromatic carbocycles. The fraction of sp³-hybridized carbons (Fsp3) is 0.250. The van der Waals surface area contributed by atoms with Crippen LogP contribution < -0.4 is 5.32 Å².